The molecule has 0 unspecified atom stereocenters. The van der Waals surface area contributed by atoms with Gasteiger partial charge in [-0.2, -0.15) is 0 Å². The maximum absolute atomic E-state index is 2.39. The summed E-state index contributed by atoms with van der Waals surface area (Å²) >= 11 is 0. The predicted octanol–water partition coefficient (Wildman–Crippen LogP) is 29.7. The lowest BCUT2D eigenvalue weighted by molar-refractivity contribution is -0.880. The molecule has 4 N–H and O–H groups in total. The molecular formula is C122H224N8+4. The average Bonchev–Trinajstić information content (AvgIpc) is 0.889. The highest BCUT2D eigenvalue weighted by Gasteiger charge is 2.06. The van der Waals surface area contributed by atoms with E-state index in [-0.39, 0.29) is 0 Å². The third kappa shape index (κ3) is 91.6. The van der Waals surface area contributed by atoms with Crippen LogP contribution in [0.15, 0.2) is 194 Å². The maximum Gasteiger partial charge on any atom is 0.0768 e. The summed E-state index contributed by atoms with van der Waals surface area (Å²) < 4.78 is 0. The molecular weight excluding hydrogens is 1580 g/mol. The summed E-state index contributed by atoms with van der Waals surface area (Å²) in [6.07, 6.45) is 59.9. The van der Waals surface area contributed by atoms with Gasteiger partial charge in [-0.25, -0.2) is 0 Å². The summed E-state index contributed by atoms with van der Waals surface area (Å²) in [5.41, 5.74) is 0. The fourth-order valence-corrected chi connectivity index (χ4v) is 14.5. The highest BCUT2D eigenvalue weighted by molar-refractivity contribution is 5.84. The number of nitrogens with one attached hydrogen (secondary N) is 4. The molecule has 0 saturated carbocycles. The Balaban J connectivity index is -0.000000680. The molecule has 0 radical (unpaired) electrons. The first-order chi connectivity index (χ1) is 63.3. The third-order valence-electron chi connectivity index (χ3n) is 25.1. The third-order valence-corrected chi connectivity index (χ3v) is 25.1. The average molecular weight is 1800 g/mol. The highest BCUT2D eigenvalue weighted by atomic mass is 15.1. The van der Waals surface area contributed by atoms with E-state index >= 15 is 0 Å². The van der Waals surface area contributed by atoms with Crippen molar-refractivity contribution in [1.29, 1.82) is 0 Å². The fourth-order valence-electron chi connectivity index (χ4n) is 14.5. The Kier molecular flexibility index (Phi) is 106. The van der Waals surface area contributed by atoms with Gasteiger partial charge in [0.15, 0.2) is 0 Å². The van der Waals surface area contributed by atoms with Crippen LogP contribution in [0.3, 0.4) is 0 Å². The number of fused-ring (bicyclic) bond motifs is 4. The zero-order valence-corrected chi connectivity index (χ0v) is 91.3. The molecule has 0 aromatic heterocycles. The van der Waals surface area contributed by atoms with Gasteiger partial charge in [0, 0.05) is 0 Å². The van der Waals surface area contributed by atoms with Crippen molar-refractivity contribution in [2.75, 3.05) is 161 Å². The van der Waals surface area contributed by atoms with Crippen LogP contribution in [0.4, 0.5) is 0 Å². The monoisotopic (exact) mass is 1800 g/mol. The van der Waals surface area contributed by atoms with E-state index in [1.807, 2.05) is 0 Å². The van der Waals surface area contributed by atoms with Crippen molar-refractivity contribution in [2.45, 2.75) is 380 Å². The smallest absolute Gasteiger partial charge is 0.0768 e. The van der Waals surface area contributed by atoms with Crippen molar-refractivity contribution in [1.82, 2.24) is 19.6 Å². The van der Waals surface area contributed by atoms with Gasteiger partial charge in [0.2, 0.25) is 0 Å². The van der Waals surface area contributed by atoms with Gasteiger partial charge in [-0.1, -0.05) is 472 Å². The van der Waals surface area contributed by atoms with Crippen LogP contribution in [-0.4, -0.2) is 181 Å². The molecule has 0 spiro atoms. The lowest BCUT2D eigenvalue weighted by atomic mass is 10.1. The lowest BCUT2D eigenvalue weighted by Gasteiger charge is -2.13. The molecule has 0 aliphatic rings. The molecule has 748 valence electrons. The molecule has 0 fully saturated rings. The molecule has 8 heteroatoms. The van der Waals surface area contributed by atoms with Crippen molar-refractivity contribution >= 4 is 43.1 Å². The zero-order valence-electron chi connectivity index (χ0n) is 91.3. The van der Waals surface area contributed by atoms with Crippen molar-refractivity contribution in [3.8, 4) is 0 Å². The molecule has 0 saturated heterocycles. The molecule has 8 nitrogen and oxygen atoms in total. The molecule has 0 amide bonds. The second-order valence-corrected chi connectivity index (χ2v) is 37.2. The van der Waals surface area contributed by atoms with E-state index in [2.05, 4.69) is 381 Å². The van der Waals surface area contributed by atoms with E-state index < -0.39 is 0 Å². The molecule has 0 bridgehead atoms. The van der Waals surface area contributed by atoms with E-state index in [1.54, 1.807) is 19.6 Å². The Labute approximate surface area is 812 Å². The Morgan fingerprint density at radius 2 is 0.223 bits per heavy atom. The molecule has 0 aliphatic heterocycles. The second kappa shape index (κ2) is 106. The minimum Gasteiger partial charge on any atom is -0.337 e. The summed E-state index contributed by atoms with van der Waals surface area (Å²) in [5, 5.41) is 10.5. The Morgan fingerprint density at radius 1 is 0.138 bits per heavy atom. The highest BCUT2D eigenvalue weighted by Crippen LogP contribution is 2.16. The first kappa shape index (κ1) is 131. The van der Waals surface area contributed by atoms with E-state index in [4.69, 9.17) is 0 Å². The summed E-state index contributed by atoms with van der Waals surface area (Å²) in [4.78, 5) is 16.0. The number of unbranched alkanes of at least 4 members (excludes halogenated alkanes) is 34. The number of benzene rings is 8. The van der Waals surface area contributed by atoms with Gasteiger partial charge in [0.05, 0.1) is 80.5 Å². The quantitative estimate of drug-likeness (QED) is 0.0286. The lowest BCUT2D eigenvalue weighted by Crippen LogP contribution is -3.09. The van der Waals surface area contributed by atoms with Crippen LogP contribution >= 0.6 is 0 Å². The molecule has 8 aromatic rings. The number of rotatable bonds is 58. The summed E-state index contributed by atoms with van der Waals surface area (Å²) in [6, 6.07) is 66.9. The molecule has 8 aromatic carbocycles. The number of quaternary nitrogens is 4. The van der Waals surface area contributed by atoms with Crippen LogP contribution < -0.4 is 19.6 Å². The van der Waals surface area contributed by atoms with Crippen LogP contribution in [0.2, 0.25) is 0 Å². The zero-order chi connectivity index (χ0) is 96.9. The van der Waals surface area contributed by atoms with Crippen molar-refractivity contribution < 1.29 is 19.6 Å². The van der Waals surface area contributed by atoms with Crippen molar-refractivity contribution in [3.05, 3.63) is 194 Å². The first-order valence-corrected chi connectivity index (χ1v) is 55.1. The van der Waals surface area contributed by atoms with Gasteiger partial charge >= 0.3 is 0 Å². The first-order valence-electron chi connectivity index (χ1n) is 55.1. The van der Waals surface area contributed by atoms with Crippen molar-refractivity contribution in [2.24, 2.45) is 0 Å². The topological polar surface area (TPSA) is 30.7 Å². The minimum atomic E-state index is 1.16. The normalized spacial score (nSPS) is 10.6. The van der Waals surface area contributed by atoms with E-state index in [0.29, 0.717) is 0 Å². The number of hydrogen-bond acceptors (Lipinski definition) is 4. The van der Waals surface area contributed by atoms with Crippen LogP contribution in [0.1, 0.15) is 380 Å². The number of nitrogens with zero attached hydrogens (tertiary/aromatic N) is 4. The van der Waals surface area contributed by atoms with E-state index in [9.17, 15) is 0 Å². The summed E-state index contributed by atoms with van der Waals surface area (Å²) in [6.45, 7) is 55.9. The molecule has 130 heavy (non-hydrogen) atoms. The van der Waals surface area contributed by atoms with Crippen LogP contribution in [0, 0.1) is 0 Å². The van der Waals surface area contributed by atoms with Gasteiger partial charge in [0.25, 0.3) is 0 Å². The predicted molar refractivity (Wildman–Crippen MR) is 597 cm³/mol. The molecule has 8 rings (SSSR count). The van der Waals surface area contributed by atoms with Gasteiger partial charge in [-0.3, -0.25) is 0 Å². The van der Waals surface area contributed by atoms with Crippen LogP contribution in [0.25, 0.3) is 43.1 Å². The van der Waals surface area contributed by atoms with Gasteiger partial charge in [-0.15, -0.1) is 0 Å². The standard InChI is InChI=1S/C21H45N.C17H37N.C13H29N.C11H25N.4C10H8.4C5H13N/c1-4-6-8-10-12-14-16-18-20-22(3)21-19-17-15-13-11-9-7-5-2;1-4-6-8-10-12-14-16-18(3)17-15-13-11-9-7-5-2;1-4-6-8-10-12-14(3)13-11-9-7-5-2;1-4-6-8-10-12(3)11-9-7-5-2;4*1-2-6-10-8-4-3-7-9(10)5-1;4*1-4-6(3)5-2/h4-21H2,1-3H3;4-17H2,1-3H3;4-13H2,1-3H3;4-11H2,1-3H3;4*1-8H;4*4-5H2,1-3H3/p+4. The van der Waals surface area contributed by atoms with Crippen LogP contribution in [-0.2, 0) is 0 Å². The van der Waals surface area contributed by atoms with Crippen molar-refractivity contribution in [3.63, 3.8) is 0 Å². The SMILES string of the molecule is CCCCCCCCCC[NH+](C)CCCCCCCCCC.CCCCCCCC[NH+](C)CCCCCCCC.CCCCCC[NH+](C)CCCCCC.CCCCC[NH+](C)CCCCC.CCN(C)CC.CCN(C)CC.CCN(C)CC.CCN(C)CC.c1ccc2ccccc2c1.c1ccc2ccccc2c1.c1ccc2ccccc2c1.c1ccc2ccccc2c1. The number of hydrogen-bond donors (Lipinski definition) is 4. The second-order valence-electron chi connectivity index (χ2n) is 37.2. The Morgan fingerprint density at radius 3 is 0.323 bits per heavy atom. The molecule has 0 aliphatic carbocycles. The van der Waals surface area contributed by atoms with Gasteiger partial charge < -0.3 is 39.2 Å². The Bertz CT molecular complexity index is 2770. The largest absolute Gasteiger partial charge is 0.337 e. The fraction of sp³-hybridized carbons (Fsp3) is 0.672. The molecule has 0 heterocycles. The summed E-state index contributed by atoms with van der Waals surface area (Å²) in [7, 11) is 17.9. The van der Waals surface area contributed by atoms with E-state index in [1.165, 1.54) is 365 Å². The van der Waals surface area contributed by atoms with Gasteiger partial charge in [0.1, 0.15) is 0 Å². The van der Waals surface area contributed by atoms with E-state index in [0.717, 1.165) is 52.4 Å². The Hall–Kier alpha value is -5.52. The molecule has 0 atom stereocenters. The minimum absolute atomic E-state index is 1.16. The summed E-state index contributed by atoms with van der Waals surface area (Å²) in [5.74, 6) is 0. The van der Waals surface area contributed by atoms with Crippen LogP contribution in [0.5, 0.6) is 0 Å². The maximum atomic E-state index is 2.39. The van der Waals surface area contributed by atoms with Gasteiger partial charge in [-0.05, 0) is 226 Å².